The highest BCUT2D eigenvalue weighted by Gasteiger charge is 2.41. The monoisotopic (exact) mass is 541 g/mol. The van der Waals surface area contributed by atoms with Crippen molar-refractivity contribution >= 4 is 17.7 Å². The maximum Gasteiger partial charge on any atom is 0.249 e. The van der Waals surface area contributed by atoms with E-state index in [2.05, 4.69) is 31.3 Å². The molecule has 1 saturated heterocycles. The second kappa shape index (κ2) is 13.6. The number of morpholine rings is 1. The first-order valence-electron chi connectivity index (χ1n) is 14.3. The fourth-order valence-corrected chi connectivity index (χ4v) is 5.43. The third-order valence-corrected chi connectivity index (χ3v) is 8.05. The Morgan fingerprint density at radius 3 is 2.10 bits per heavy atom. The number of amides is 3. The minimum atomic E-state index is -0.722. The van der Waals surface area contributed by atoms with E-state index in [-0.39, 0.29) is 35.6 Å². The molecule has 7 heteroatoms. The van der Waals surface area contributed by atoms with E-state index in [1.165, 1.54) is 0 Å². The Hall–Kier alpha value is -2.67. The van der Waals surface area contributed by atoms with Gasteiger partial charge in [0.05, 0.1) is 19.3 Å². The topological polar surface area (TPSA) is 79.0 Å². The van der Waals surface area contributed by atoms with Crippen molar-refractivity contribution in [3.05, 3.63) is 47.5 Å². The van der Waals surface area contributed by atoms with Gasteiger partial charge in [-0.2, -0.15) is 0 Å². The molecular weight excluding hydrogens is 490 g/mol. The van der Waals surface area contributed by atoms with Gasteiger partial charge in [-0.05, 0) is 30.2 Å². The number of carbonyl (C=O) groups excluding carboxylic acids is 3. The van der Waals surface area contributed by atoms with Gasteiger partial charge in [-0.1, -0.05) is 91.8 Å². The molecule has 1 aliphatic heterocycles. The molecule has 1 N–H and O–H groups in total. The summed E-state index contributed by atoms with van der Waals surface area (Å²) < 4.78 is 5.38. The highest BCUT2D eigenvalue weighted by atomic mass is 16.5. The molecule has 0 unspecified atom stereocenters. The van der Waals surface area contributed by atoms with Crippen LogP contribution >= 0.6 is 0 Å². The molecule has 3 atom stereocenters. The molecule has 0 aromatic heterocycles. The van der Waals surface area contributed by atoms with Gasteiger partial charge in [0.1, 0.15) is 6.04 Å². The summed E-state index contributed by atoms with van der Waals surface area (Å²) in [6, 6.07) is 9.03. The predicted octanol–water partition coefficient (Wildman–Crippen LogP) is 4.81. The van der Waals surface area contributed by atoms with Crippen molar-refractivity contribution in [2.45, 2.75) is 86.2 Å². The van der Waals surface area contributed by atoms with Gasteiger partial charge < -0.3 is 19.9 Å². The van der Waals surface area contributed by atoms with Crippen LogP contribution in [-0.4, -0.2) is 73.0 Å². The van der Waals surface area contributed by atoms with Crippen molar-refractivity contribution in [1.82, 2.24) is 15.1 Å². The van der Waals surface area contributed by atoms with Gasteiger partial charge in [0, 0.05) is 37.0 Å². The van der Waals surface area contributed by atoms with Crippen molar-refractivity contribution in [2.75, 3.05) is 33.4 Å². The lowest BCUT2D eigenvalue weighted by Crippen LogP contribution is -2.58. The molecule has 3 amide bonds. The largest absolute Gasteiger partial charge is 0.378 e. The summed E-state index contributed by atoms with van der Waals surface area (Å²) in [5.74, 6) is -0.548. The van der Waals surface area contributed by atoms with E-state index < -0.39 is 16.9 Å². The van der Waals surface area contributed by atoms with Crippen molar-refractivity contribution < 1.29 is 19.1 Å². The first-order chi connectivity index (χ1) is 18.1. The molecule has 0 aliphatic carbocycles. The zero-order chi connectivity index (χ0) is 29.5. The molecule has 1 fully saturated rings. The van der Waals surface area contributed by atoms with Crippen molar-refractivity contribution in [3.63, 3.8) is 0 Å². The van der Waals surface area contributed by atoms with Crippen LogP contribution in [0.3, 0.4) is 0 Å². The molecule has 1 aliphatic rings. The summed E-state index contributed by atoms with van der Waals surface area (Å²) in [5.41, 5.74) is 0.785. The second-order valence-electron chi connectivity index (χ2n) is 12.8. The molecule has 1 aromatic carbocycles. The minimum Gasteiger partial charge on any atom is -0.378 e. The molecule has 7 nitrogen and oxygen atoms in total. The van der Waals surface area contributed by atoms with Crippen molar-refractivity contribution in [2.24, 2.45) is 17.3 Å². The van der Waals surface area contributed by atoms with Crippen LogP contribution < -0.4 is 5.32 Å². The Morgan fingerprint density at radius 1 is 1.05 bits per heavy atom. The number of benzene rings is 1. The van der Waals surface area contributed by atoms with Gasteiger partial charge in [-0.15, -0.1) is 0 Å². The van der Waals surface area contributed by atoms with E-state index in [1.54, 1.807) is 16.8 Å². The first-order valence-corrected chi connectivity index (χ1v) is 14.3. The fraction of sp³-hybridized carbons (Fsp3) is 0.656. The number of rotatable bonds is 10. The van der Waals surface area contributed by atoms with Crippen LogP contribution in [0.15, 0.2) is 42.0 Å². The number of carbonyl (C=O) groups is 3. The van der Waals surface area contributed by atoms with Gasteiger partial charge in [0.25, 0.3) is 0 Å². The number of hydrogen-bond donors (Lipinski definition) is 1. The van der Waals surface area contributed by atoms with Crippen LogP contribution in [0.1, 0.15) is 74.3 Å². The summed E-state index contributed by atoms with van der Waals surface area (Å²) in [4.78, 5) is 44.3. The van der Waals surface area contributed by atoms with Crippen LogP contribution in [0.25, 0.3) is 0 Å². The number of likely N-dealkylation sites (N-methyl/N-ethyl adjacent to an activating group) is 1. The molecule has 0 spiro atoms. The number of hydrogen-bond acceptors (Lipinski definition) is 4. The van der Waals surface area contributed by atoms with E-state index >= 15 is 0 Å². The van der Waals surface area contributed by atoms with E-state index in [4.69, 9.17) is 4.74 Å². The maximum atomic E-state index is 14.0. The lowest BCUT2D eigenvalue weighted by Gasteiger charge is -2.40. The summed E-state index contributed by atoms with van der Waals surface area (Å²) in [6.07, 6.45) is 2.55. The number of ether oxygens (including phenoxy) is 1. The fourth-order valence-electron chi connectivity index (χ4n) is 5.43. The van der Waals surface area contributed by atoms with Crippen molar-refractivity contribution in [1.29, 1.82) is 0 Å². The summed E-state index contributed by atoms with van der Waals surface area (Å²) in [7, 11) is 1.77. The van der Waals surface area contributed by atoms with Gasteiger partial charge in [-0.25, -0.2) is 0 Å². The quantitative estimate of drug-likeness (QED) is 0.431. The lowest BCUT2D eigenvalue weighted by atomic mass is 9.71. The second-order valence-corrected chi connectivity index (χ2v) is 12.8. The minimum absolute atomic E-state index is 0.0283. The summed E-state index contributed by atoms with van der Waals surface area (Å²) in [6.45, 7) is 20.2. The van der Waals surface area contributed by atoms with Crippen LogP contribution in [0, 0.1) is 17.3 Å². The molecule has 1 heterocycles. The van der Waals surface area contributed by atoms with E-state index in [0.29, 0.717) is 38.3 Å². The van der Waals surface area contributed by atoms with Gasteiger partial charge in [-0.3, -0.25) is 14.4 Å². The smallest absolute Gasteiger partial charge is 0.249 e. The standard InChI is InChI=1S/C32H51N3O4/c1-11-25(32(8,9)24-15-13-12-14-16-24)28(36)33-27(31(5,6)7)30(38)34(10)26(22(2)3)21-23(4)29(37)35-17-19-39-20-18-35/h12-16,21-22,25-27H,11,17-20H2,1-10H3,(H,33,36)/b23-21+/t25-,26-,27-/m1/s1. The zero-order valence-corrected chi connectivity index (χ0v) is 25.8. The normalized spacial score (nSPS) is 17.4. The van der Waals surface area contributed by atoms with E-state index in [0.717, 1.165) is 5.56 Å². The third kappa shape index (κ3) is 8.17. The lowest BCUT2D eigenvalue weighted by molar-refractivity contribution is -0.141. The van der Waals surface area contributed by atoms with Gasteiger partial charge in [0.15, 0.2) is 0 Å². The maximum absolute atomic E-state index is 14.0. The SMILES string of the molecule is CC[C@H](C(=O)N[C@H](C(=O)N(C)[C@H](/C=C(\C)C(=O)N1CCOCC1)C(C)C)C(C)(C)C)C(C)(C)c1ccccc1. The van der Waals surface area contributed by atoms with E-state index in [9.17, 15) is 14.4 Å². The average Bonchev–Trinajstić information content (AvgIpc) is 2.89. The third-order valence-electron chi connectivity index (χ3n) is 8.05. The zero-order valence-electron chi connectivity index (χ0n) is 25.8. The Balaban J connectivity index is 2.30. The molecule has 0 radical (unpaired) electrons. The van der Waals surface area contributed by atoms with Crippen LogP contribution in [0.5, 0.6) is 0 Å². The molecule has 218 valence electrons. The van der Waals surface area contributed by atoms with Crippen LogP contribution in [0.4, 0.5) is 0 Å². The van der Waals surface area contributed by atoms with Gasteiger partial charge >= 0.3 is 0 Å². The Labute approximate surface area is 236 Å². The molecule has 39 heavy (non-hydrogen) atoms. The highest BCUT2D eigenvalue weighted by molar-refractivity contribution is 5.93. The van der Waals surface area contributed by atoms with E-state index in [1.807, 2.05) is 72.7 Å². The van der Waals surface area contributed by atoms with Gasteiger partial charge in [0.2, 0.25) is 17.7 Å². The highest BCUT2D eigenvalue weighted by Crippen LogP contribution is 2.35. The molecule has 1 aromatic rings. The predicted molar refractivity (Wildman–Crippen MR) is 157 cm³/mol. The van der Waals surface area contributed by atoms with Crippen molar-refractivity contribution in [3.8, 4) is 0 Å². The molecule has 0 saturated carbocycles. The average molecular weight is 542 g/mol. The molecule has 2 rings (SSSR count). The Bertz CT molecular complexity index is 1000. The number of nitrogens with one attached hydrogen (secondary N) is 1. The Morgan fingerprint density at radius 2 is 1.62 bits per heavy atom. The van der Waals surface area contributed by atoms with Crippen LogP contribution in [0.2, 0.25) is 0 Å². The molecular formula is C32H51N3O4. The molecule has 0 bridgehead atoms. The number of nitrogens with zero attached hydrogens (tertiary/aromatic N) is 2. The summed E-state index contributed by atoms with van der Waals surface area (Å²) in [5, 5.41) is 3.15. The first kappa shape index (κ1) is 32.5. The van der Waals surface area contributed by atoms with Crippen LogP contribution in [-0.2, 0) is 24.5 Å². The summed E-state index contributed by atoms with van der Waals surface area (Å²) >= 11 is 0. The Kier molecular flexibility index (Phi) is 11.3.